The molecule has 3 rings (SSSR count). The van der Waals surface area contributed by atoms with Crippen LogP contribution in [0, 0.1) is 31.0 Å². The molecule has 0 bridgehead atoms. The van der Waals surface area contributed by atoms with E-state index in [2.05, 4.69) is 5.32 Å². The summed E-state index contributed by atoms with van der Waals surface area (Å²) in [5.74, 6) is 0.0722. The van der Waals surface area contributed by atoms with E-state index in [0.717, 1.165) is 11.1 Å². The number of nitriles is 1. The van der Waals surface area contributed by atoms with Crippen molar-refractivity contribution in [3.8, 4) is 17.6 Å². The molecule has 32 heavy (non-hydrogen) atoms. The van der Waals surface area contributed by atoms with Crippen LogP contribution in [-0.2, 0) is 11.4 Å². The molecule has 3 aromatic carbocycles. The summed E-state index contributed by atoms with van der Waals surface area (Å²) < 4.78 is 24.5. The number of methoxy groups -OCH3 is 1. The van der Waals surface area contributed by atoms with Crippen molar-refractivity contribution in [1.29, 1.82) is 5.26 Å². The number of hydrogen-bond donors (Lipinski definition) is 1. The quantitative estimate of drug-likeness (QED) is 0.393. The number of nitrogens with zero attached hydrogens (tertiary/aromatic N) is 1. The van der Waals surface area contributed by atoms with Crippen molar-refractivity contribution in [2.24, 2.45) is 0 Å². The zero-order chi connectivity index (χ0) is 23.1. The van der Waals surface area contributed by atoms with Crippen molar-refractivity contribution < 1.29 is 18.7 Å². The van der Waals surface area contributed by atoms with Crippen LogP contribution in [0.25, 0.3) is 6.08 Å². The number of rotatable bonds is 7. The number of ether oxygens (including phenoxy) is 2. The SMILES string of the molecule is COc1cc(/C=C(\C#N)C(=O)Nc2cccc(C)c2C)ccc1OCc1cccc(F)c1. The standard InChI is InChI=1S/C26H23FN2O3/c1-17-6-4-9-23(18(17)2)29-26(30)21(15-28)12-19-10-11-24(25(14-19)31-3)32-16-20-7-5-8-22(27)13-20/h4-14H,16H2,1-3H3,(H,29,30)/b21-12+. The number of aryl methyl sites for hydroxylation is 1. The van der Waals surface area contributed by atoms with Gasteiger partial charge in [-0.15, -0.1) is 0 Å². The second kappa shape index (κ2) is 10.3. The fourth-order valence-electron chi connectivity index (χ4n) is 3.07. The molecule has 0 fully saturated rings. The Labute approximate surface area is 186 Å². The third-order valence-electron chi connectivity index (χ3n) is 5.00. The van der Waals surface area contributed by atoms with Crippen LogP contribution in [0.3, 0.4) is 0 Å². The minimum Gasteiger partial charge on any atom is -0.493 e. The topological polar surface area (TPSA) is 71.3 Å². The maximum atomic E-state index is 13.3. The van der Waals surface area contributed by atoms with Gasteiger partial charge in [0.05, 0.1) is 7.11 Å². The lowest BCUT2D eigenvalue weighted by Crippen LogP contribution is -2.14. The predicted molar refractivity (Wildman–Crippen MR) is 122 cm³/mol. The maximum Gasteiger partial charge on any atom is 0.266 e. The molecule has 0 spiro atoms. The van der Waals surface area contributed by atoms with E-state index >= 15 is 0 Å². The van der Waals surface area contributed by atoms with Crippen molar-refractivity contribution in [2.75, 3.05) is 12.4 Å². The summed E-state index contributed by atoms with van der Waals surface area (Å²) in [6.45, 7) is 4.04. The van der Waals surface area contributed by atoms with Gasteiger partial charge in [0, 0.05) is 5.69 Å². The van der Waals surface area contributed by atoms with Gasteiger partial charge in [0.2, 0.25) is 0 Å². The monoisotopic (exact) mass is 430 g/mol. The van der Waals surface area contributed by atoms with Gasteiger partial charge in [-0.1, -0.05) is 30.3 Å². The van der Waals surface area contributed by atoms with Crippen LogP contribution in [0.1, 0.15) is 22.3 Å². The number of hydrogen-bond acceptors (Lipinski definition) is 4. The molecule has 0 unspecified atom stereocenters. The van der Waals surface area contributed by atoms with Crippen LogP contribution in [0.5, 0.6) is 11.5 Å². The molecule has 0 aliphatic rings. The summed E-state index contributed by atoms with van der Waals surface area (Å²) in [7, 11) is 1.50. The summed E-state index contributed by atoms with van der Waals surface area (Å²) >= 11 is 0. The van der Waals surface area contributed by atoms with Gasteiger partial charge < -0.3 is 14.8 Å². The third kappa shape index (κ3) is 5.52. The predicted octanol–water partition coefficient (Wildman–Crippen LogP) is 5.58. The van der Waals surface area contributed by atoms with Gasteiger partial charge in [0.15, 0.2) is 11.5 Å². The molecule has 0 aliphatic heterocycles. The molecular weight excluding hydrogens is 407 g/mol. The Bertz CT molecular complexity index is 1210. The molecule has 0 atom stereocenters. The lowest BCUT2D eigenvalue weighted by molar-refractivity contribution is -0.112. The van der Waals surface area contributed by atoms with Crippen LogP contribution in [0.15, 0.2) is 66.2 Å². The fraction of sp³-hybridized carbons (Fsp3) is 0.154. The van der Waals surface area contributed by atoms with Crippen LogP contribution in [0.4, 0.5) is 10.1 Å². The average molecular weight is 430 g/mol. The zero-order valence-electron chi connectivity index (χ0n) is 18.1. The Balaban J connectivity index is 1.77. The fourth-order valence-corrected chi connectivity index (χ4v) is 3.07. The Morgan fingerprint density at radius 1 is 1.09 bits per heavy atom. The van der Waals surface area contributed by atoms with Gasteiger partial charge in [-0.3, -0.25) is 4.79 Å². The normalized spacial score (nSPS) is 10.9. The van der Waals surface area contributed by atoms with Crippen LogP contribution >= 0.6 is 0 Å². The number of anilines is 1. The molecule has 0 aliphatic carbocycles. The van der Waals surface area contributed by atoms with E-state index in [9.17, 15) is 14.4 Å². The van der Waals surface area contributed by atoms with Crippen molar-refractivity contribution in [3.63, 3.8) is 0 Å². The van der Waals surface area contributed by atoms with Crippen LogP contribution in [-0.4, -0.2) is 13.0 Å². The Hall–Kier alpha value is -4.11. The first-order valence-corrected chi connectivity index (χ1v) is 9.96. The lowest BCUT2D eigenvalue weighted by atomic mass is 10.1. The Kier molecular flexibility index (Phi) is 7.25. The minimum absolute atomic E-state index is 0.0404. The van der Waals surface area contributed by atoms with Gasteiger partial charge in [-0.25, -0.2) is 4.39 Å². The first-order valence-electron chi connectivity index (χ1n) is 9.96. The summed E-state index contributed by atoms with van der Waals surface area (Å²) in [6, 6.07) is 18.8. The molecule has 0 saturated heterocycles. The minimum atomic E-state index is -0.494. The number of halogens is 1. The van der Waals surface area contributed by atoms with Crippen LogP contribution in [0.2, 0.25) is 0 Å². The Morgan fingerprint density at radius 3 is 2.59 bits per heavy atom. The van der Waals surface area contributed by atoms with Crippen LogP contribution < -0.4 is 14.8 Å². The van der Waals surface area contributed by atoms with Crippen molar-refractivity contribution >= 4 is 17.7 Å². The lowest BCUT2D eigenvalue weighted by Gasteiger charge is -2.12. The van der Waals surface area contributed by atoms with Crippen molar-refractivity contribution in [2.45, 2.75) is 20.5 Å². The number of amides is 1. The number of benzene rings is 3. The van der Waals surface area contributed by atoms with E-state index in [-0.39, 0.29) is 18.0 Å². The van der Waals surface area contributed by atoms with E-state index in [1.54, 1.807) is 36.4 Å². The molecular formula is C26H23FN2O3. The van der Waals surface area contributed by atoms with E-state index in [1.165, 1.54) is 25.3 Å². The number of carbonyl (C=O) groups is 1. The summed E-state index contributed by atoms with van der Waals surface area (Å²) in [5, 5.41) is 12.3. The highest BCUT2D eigenvalue weighted by Crippen LogP contribution is 2.30. The van der Waals surface area contributed by atoms with E-state index in [4.69, 9.17) is 9.47 Å². The van der Waals surface area contributed by atoms with E-state index in [0.29, 0.717) is 28.3 Å². The highest BCUT2D eigenvalue weighted by atomic mass is 19.1. The van der Waals surface area contributed by atoms with Crippen molar-refractivity contribution in [1.82, 2.24) is 0 Å². The molecule has 6 heteroatoms. The van der Waals surface area contributed by atoms with E-state index < -0.39 is 5.91 Å². The second-order valence-electron chi connectivity index (χ2n) is 7.20. The summed E-state index contributed by atoms with van der Waals surface area (Å²) in [5.41, 5.74) is 3.90. The highest BCUT2D eigenvalue weighted by molar-refractivity contribution is 6.10. The molecule has 1 amide bonds. The first kappa shape index (κ1) is 22.6. The first-order chi connectivity index (χ1) is 15.4. The highest BCUT2D eigenvalue weighted by Gasteiger charge is 2.13. The average Bonchev–Trinajstić information content (AvgIpc) is 2.79. The number of nitrogens with one attached hydrogen (secondary N) is 1. The Morgan fingerprint density at radius 2 is 1.88 bits per heavy atom. The van der Waals surface area contributed by atoms with Gasteiger partial charge in [0.1, 0.15) is 24.1 Å². The third-order valence-corrected chi connectivity index (χ3v) is 5.00. The maximum absolute atomic E-state index is 13.3. The van der Waals surface area contributed by atoms with Gasteiger partial charge in [-0.2, -0.15) is 5.26 Å². The molecule has 1 N–H and O–H groups in total. The van der Waals surface area contributed by atoms with Crippen molar-refractivity contribution in [3.05, 3.63) is 94.3 Å². The van der Waals surface area contributed by atoms with E-state index in [1.807, 2.05) is 32.0 Å². The van der Waals surface area contributed by atoms with Gasteiger partial charge in [0.25, 0.3) is 5.91 Å². The molecule has 3 aromatic rings. The summed E-state index contributed by atoms with van der Waals surface area (Å²) in [4.78, 5) is 12.6. The largest absolute Gasteiger partial charge is 0.493 e. The molecule has 162 valence electrons. The number of carbonyl (C=O) groups excluding carboxylic acids is 1. The van der Waals surface area contributed by atoms with Gasteiger partial charge in [-0.05, 0) is 72.5 Å². The molecule has 0 heterocycles. The molecule has 5 nitrogen and oxygen atoms in total. The smallest absolute Gasteiger partial charge is 0.266 e. The molecule has 0 radical (unpaired) electrons. The summed E-state index contributed by atoms with van der Waals surface area (Å²) in [6.07, 6.45) is 1.49. The molecule has 0 saturated carbocycles. The van der Waals surface area contributed by atoms with Gasteiger partial charge >= 0.3 is 0 Å². The molecule has 0 aromatic heterocycles. The second-order valence-corrected chi connectivity index (χ2v) is 7.20. The zero-order valence-corrected chi connectivity index (χ0v) is 18.1.